The number of carbonyl (C=O) groups excluding carboxylic acids is 1. The van der Waals surface area contributed by atoms with Crippen molar-refractivity contribution in [1.82, 2.24) is 9.62 Å². The number of carbonyl (C=O) groups is 1. The van der Waals surface area contributed by atoms with E-state index in [1.807, 2.05) is 0 Å². The minimum absolute atomic E-state index is 0.0435. The summed E-state index contributed by atoms with van der Waals surface area (Å²) in [5, 5.41) is 2.75. The SMILES string of the molecule is O=C(CCc1ccc(S(=O)(=O)N2CCCCCC2)cc1)NCc1cccc(OC(F)F)c1. The van der Waals surface area contributed by atoms with Crippen molar-refractivity contribution in [1.29, 1.82) is 0 Å². The molecule has 9 heteroatoms. The van der Waals surface area contributed by atoms with Crippen LogP contribution in [0.5, 0.6) is 5.75 Å². The minimum atomic E-state index is -3.49. The second kappa shape index (κ2) is 11.4. The highest BCUT2D eigenvalue weighted by molar-refractivity contribution is 7.89. The van der Waals surface area contributed by atoms with Crippen LogP contribution in [0, 0.1) is 0 Å². The summed E-state index contributed by atoms with van der Waals surface area (Å²) in [5.41, 5.74) is 1.52. The molecule has 0 aromatic heterocycles. The first kappa shape index (κ1) is 24.1. The lowest BCUT2D eigenvalue weighted by Gasteiger charge is -2.20. The number of rotatable bonds is 9. The van der Waals surface area contributed by atoms with Crippen LogP contribution in [0.2, 0.25) is 0 Å². The topological polar surface area (TPSA) is 75.7 Å². The lowest BCUT2D eigenvalue weighted by molar-refractivity contribution is -0.121. The average Bonchev–Trinajstić information content (AvgIpc) is 3.07. The summed E-state index contributed by atoms with van der Waals surface area (Å²) >= 11 is 0. The van der Waals surface area contributed by atoms with Gasteiger partial charge in [-0.1, -0.05) is 37.1 Å². The molecule has 0 spiro atoms. The zero-order valence-electron chi connectivity index (χ0n) is 17.8. The van der Waals surface area contributed by atoms with Crippen LogP contribution in [0.15, 0.2) is 53.4 Å². The van der Waals surface area contributed by atoms with Gasteiger partial charge in [-0.15, -0.1) is 0 Å². The number of nitrogens with one attached hydrogen (secondary N) is 1. The van der Waals surface area contributed by atoms with Crippen molar-refractivity contribution in [3.8, 4) is 5.75 Å². The summed E-state index contributed by atoms with van der Waals surface area (Å²) in [4.78, 5) is 12.4. The molecule has 3 rings (SSSR count). The van der Waals surface area contributed by atoms with Crippen LogP contribution in [0.1, 0.15) is 43.2 Å². The fraction of sp³-hybridized carbons (Fsp3) is 0.435. The molecule has 0 saturated carbocycles. The Morgan fingerprint density at radius 2 is 1.69 bits per heavy atom. The molecular formula is C23H28F2N2O4S. The quantitative estimate of drug-likeness (QED) is 0.604. The first-order valence-electron chi connectivity index (χ1n) is 10.7. The van der Waals surface area contributed by atoms with E-state index >= 15 is 0 Å². The molecule has 2 aromatic carbocycles. The van der Waals surface area contributed by atoms with Crippen LogP contribution >= 0.6 is 0 Å². The molecule has 1 fully saturated rings. The molecule has 0 unspecified atom stereocenters. The van der Waals surface area contributed by atoms with Crippen LogP contribution in [0.3, 0.4) is 0 Å². The van der Waals surface area contributed by atoms with E-state index in [1.165, 1.54) is 12.1 Å². The first-order valence-corrected chi connectivity index (χ1v) is 12.2. The number of benzene rings is 2. The smallest absolute Gasteiger partial charge is 0.387 e. The number of hydrogen-bond acceptors (Lipinski definition) is 4. The van der Waals surface area contributed by atoms with Crippen molar-refractivity contribution in [2.45, 2.75) is 56.6 Å². The zero-order chi connectivity index (χ0) is 23.0. The van der Waals surface area contributed by atoms with E-state index in [1.54, 1.807) is 40.7 Å². The monoisotopic (exact) mass is 466 g/mol. The van der Waals surface area contributed by atoms with Crippen LogP contribution in [-0.4, -0.2) is 38.3 Å². The lowest BCUT2D eigenvalue weighted by Crippen LogP contribution is -2.31. The molecule has 174 valence electrons. The van der Waals surface area contributed by atoms with E-state index in [2.05, 4.69) is 10.1 Å². The van der Waals surface area contributed by atoms with Crippen molar-refractivity contribution < 1.29 is 26.7 Å². The highest BCUT2D eigenvalue weighted by Gasteiger charge is 2.24. The van der Waals surface area contributed by atoms with Crippen LogP contribution in [-0.2, 0) is 27.8 Å². The van der Waals surface area contributed by atoms with E-state index in [0.29, 0.717) is 25.1 Å². The standard InChI is InChI=1S/C23H28F2N2O4S/c24-23(25)31-20-7-5-6-19(16-20)17-26-22(28)13-10-18-8-11-21(12-9-18)32(29,30)27-14-3-1-2-4-15-27/h5-9,11-12,16,23H,1-4,10,13-15,17H2,(H,26,28). The van der Waals surface area contributed by atoms with E-state index in [-0.39, 0.29) is 29.5 Å². The number of ether oxygens (including phenoxy) is 1. The number of alkyl halides is 2. The Hall–Kier alpha value is -2.52. The molecule has 1 N–H and O–H groups in total. The maximum atomic E-state index is 12.8. The summed E-state index contributed by atoms with van der Waals surface area (Å²) in [7, 11) is -3.49. The summed E-state index contributed by atoms with van der Waals surface area (Å²) < 4.78 is 56.2. The van der Waals surface area contributed by atoms with Gasteiger partial charge in [-0.2, -0.15) is 13.1 Å². The van der Waals surface area contributed by atoms with E-state index < -0.39 is 16.6 Å². The van der Waals surface area contributed by atoms with Gasteiger partial charge in [0.1, 0.15) is 5.75 Å². The van der Waals surface area contributed by atoms with Gasteiger partial charge in [0.2, 0.25) is 15.9 Å². The Kier molecular flexibility index (Phi) is 8.58. The Morgan fingerprint density at radius 3 is 2.34 bits per heavy atom. The van der Waals surface area contributed by atoms with Gasteiger partial charge in [-0.25, -0.2) is 8.42 Å². The Labute approximate surface area is 187 Å². The molecule has 0 bridgehead atoms. The fourth-order valence-electron chi connectivity index (χ4n) is 3.64. The number of amides is 1. The molecule has 1 aliphatic rings. The molecule has 0 radical (unpaired) electrons. The molecule has 0 atom stereocenters. The molecule has 32 heavy (non-hydrogen) atoms. The number of nitrogens with zero attached hydrogens (tertiary/aromatic N) is 1. The molecule has 2 aromatic rings. The second-order valence-electron chi connectivity index (χ2n) is 7.76. The van der Waals surface area contributed by atoms with E-state index in [9.17, 15) is 22.0 Å². The maximum Gasteiger partial charge on any atom is 0.387 e. The molecule has 1 saturated heterocycles. The van der Waals surface area contributed by atoms with Gasteiger partial charge in [0.25, 0.3) is 0 Å². The van der Waals surface area contributed by atoms with Crippen molar-refractivity contribution >= 4 is 15.9 Å². The lowest BCUT2D eigenvalue weighted by atomic mass is 10.1. The van der Waals surface area contributed by atoms with Gasteiger partial charge in [0, 0.05) is 26.1 Å². The third-order valence-corrected chi connectivity index (χ3v) is 7.29. The fourth-order valence-corrected chi connectivity index (χ4v) is 5.15. The van der Waals surface area contributed by atoms with Crippen LogP contribution in [0.25, 0.3) is 0 Å². The maximum absolute atomic E-state index is 12.8. The third kappa shape index (κ3) is 7.00. The summed E-state index contributed by atoms with van der Waals surface area (Å²) in [5.74, 6) is -0.145. The number of aryl methyl sites for hydroxylation is 1. The normalized spacial score (nSPS) is 15.3. The summed E-state index contributed by atoms with van der Waals surface area (Å²) in [6.07, 6.45) is 4.58. The molecule has 1 aliphatic heterocycles. The molecule has 6 nitrogen and oxygen atoms in total. The number of hydrogen-bond donors (Lipinski definition) is 1. The predicted molar refractivity (Wildman–Crippen MR) is 117 cm³/mol. The third-order valence-electron chi connectivity index (χ3n) is 5.38. The minimum Gasteiger partial charge on any atom is -0.435 e. The number of halogens is 2. The molecular weight excluding hydrogens is 438 g/mol. The largest absolute Gasteiger partial charge is 0.435 e. The Bertz CT molecular complexity index is 989. The van der Waals surface area contributed by atoms with Crippen molar-refractivity contribution in [3.63, 3.8) is 0 Å². The van der Waals surface area contributed by atoms with E-state index in [4.69, 9.17) is 0 Å². The Balaban J connectivity index is 1.49. The second-order valence-corrected chi connectivity index (χ2v) is 9.70. The van der Waals surface area contributed by atoms with Gasteiger partial charge in [0.15, 0.2) is 0 Å². The Morgan fingerprint density at radius 1 is 1.00 bits per heavy atom. The molecule has 0 aliphatic carbocycles. The molecule has 1 heterocycles. The highest BCUT2D eigenvalue weighted by Crippen LogP contribution is 2.21. The van der Waals surface area contributed by atoms with E-state index in [0.717, 1.165) is 31.2 Å². The predicted octanol–water partition coefficient (Wildman–Crippen LogP) is 4.10. The zero-order valence-corrected chi connectivity index (χ0v) is 18.6. The van der Waals surface area contributed by atoms with Crippen LogP contribution < -0.4 is 10.1 Å². The first-order chi connectivity index (χ1) is 15.3. The molecule has 1 amide bonds. The summed E-state index contributed by atoms with van der Waals surface area (Å²) in [6.45, 7) is -1.58. The van der Waals surface area contributed by atoms with Crippen LogP contribution in [0.4, 0.5) is 8.78 Å². The van der Waals surface area contributed by atoms with Gasteiger partial charge < -0.3 is 10.1 Å². The highest BCUT2D eigenvalue weighted by atomic mass is 32.2. The van der Waals surface area contributed by atoms with Crippen molar-refractivity contribution in [2.24, 2.45) is 0 Å². The van der Waals surface area contributed by atoms with Crippen molar-refractivity contribution in [3.05, 3.63) is 59.7 Å². The van der Waals surface area contributed by atoms with Gasteiger partial charge >= 0.3 is 6.61 Å². The average molecular weight is 467 g/mol. The van der Waals surface area contributed by atoms with Gasteiger partial charge in [0.05, 0.1) is 4.90 Å². The summed E-state index contributed by atoms with van der Waals surface area (Å²) in [6, 6.07) is 12.9. The number of sulfonamides is 1. The van der Waals surface area contributed by atoms with Gasteiger partial charge in [-0.05, 0) is 54.7 Å². The van der Waals surface area contributed by atoms with Gasteiger partial charge in [-0.3, -0.25) is 4.79 Å². The van der Waals surface area contributed by atoms with Crippen molar-refractivity contribution in [2.75, 3.05) is 13.1 Å².